The third-order valence-electron chi connectivity index (χ3n) is 15.3. The second-order valence-corrected chi connectivity index (χ2v) is 19.1. The molecule has 4 aliphatic rings. The van der Waals surface area contributed by atoms with E-state index in [4.69, 9.17) is 0 Å². The molecule has 0 bridgehead atoms. The van der Waals surface area contributed by atoms with Crippen LogP contribution in [0.2, 0.25) is 0 Å². The number of carbonyl (C=O) groups excluding carboxylic acids is 2. The van der Waals surface area contributed by atoms with E-state index in [0.717, 1.165) is 103 Å². The Hall–Kier alpha value is -3.10. The lowest BCUT2D eigenvalue weighted by atomic mass is 9.49. The Morgan fingerprint density at radius 2 is 0.946 bits per heavy atom. The van der Waals surface area contributed by atoms with Gasteiger partial charge in [-0.1, -0.05) is 78.4 Å². The molecule has 6 N–H and O–H groups in total. The summed E-state index contributed by atoms with van der Waals surface area (Å²) < 4.78 is 0. The largest absolute Gasteiger partial charge is 0.508 e. The van der Waals surface area contributed by atoms with E-state index < -0.39 is 0 Å². The van der Waals surface area contributed by atoms with Gasteiger partial charge in [-0.25, -0.2) is 0 Å². The molecule has 8 nitrogen and oxygen atoms in total. The summed E-state index contributed by atoms with van der Waals surface area (Å²) >= 11 is 0. The highest BCUT2D eigenvalue weighted by atomic mass is 16.3. The first-order valence-electron chi connectivity index (χ1n) is 22.5. The van der Waals surface area contributed by atoms with E-state index in [0.29, 0.717) is 36.4 Å². The predicted octanol–water partition coefficient (Wildman–Crippen LogP) is 8.35. The zero-order valence-corrected chi connectivity index (χ0v) is 35.3. The Balaban J connectivity index is 0.752. The maximum absolute atomic E-state index is 13.6. The highest BCUT2D eigenvalue weighted by molar-refractivity contribution is 5.83. The molecule has 2 amide bonds. The lowest BCUT2D eigenvalue weighted by molar-refractivity contribution is -0.139. The summed E-state index contributed by atoms with van der Waals surface area (Å²) in [6.45, 7) is 14.4. The number of benzene rings is 2. The molecule has 6 atom stereocenters. The third kappa shape index (κ3) is 9.12. The van der Waals surface area contributed by atoms with Crippen LogP contribution in [0.15, 0.2) is 36.4 Å². The third-order valence-corrected chi connectivity index (χ3v) is 15.3. The second kappa shape index (κ2) is 18.7. The molecule has 2 saturated carbocycles. The lowest BCUT2D eigenvalue weighted by Gasteiger charge is -2.54. The molecule has 2 aromatic rings. The molecular formula is C48H74N4O4. The molecule has 0 spiro atoms. The van der Waals surface area contributed by atoms with E-state index in [1.807, 2.05) is 12.1 Å². The second-order valence-electron chi connectivity index (χ2n) is 19.1. The molecule has 4 aliphatic carbocycles. The molecule has 0 radical (unpaired) electrons. The molecule has 8 heteroatoms. The van der Waals surface area contributed by atoms with E-state index in [9.17, 15) is 19.8 Å². The molecule has 0 aliphatic heterocycles. The maximum Gasteiger partial charge on any atom is 0.226 e. The molecule has 0 saturated heterocycles. The van der Waals surface area contributed by atoms with Gasteiger partial charge in [0.1, 0.15) is 11.5 Å². The number of hydrogen-bond donors (Lipinski definition) is 6. The lowest BCUT2D eigenvalue weighted by Crippen LogP contribution is -2.55. The van der Waals surface area contributed by atoms with Gasteiger partial charge in [-0.15, -0.1) is 0 Å². The minimum atomic E-state index is -0.368. The van der Waals surface area contributed by atoms with Crippen LogP contribution in [0.25, 0.3) is 0 Å². The Labute approximate surface area is 338 Å². The normalized spacial score (nSPS) is 29.4. The Morgan fingerprint density at radius 1 is 0.554 bits per heavy atom. The van der Waals surface area contributed by atoms with Crippen molar-refractivity contribution < 1.29 is 19.8 Å². The monoisotopic (exact) mass is 771 g/mol. The van der Waals surface area contributed by atoms with Gasteiger partial charge < -0.3 is 31.5 Å². The average molecular weight is 771 g/mol. The van der Waals surface area contributed by atoms with Crippen LogP contribution in [0.5, 0.6) is 11.5 Å². The van der Waals surface area contributed by atoms with Crippen LogP contribution in [0.3, 0.4) is 0 Å². The first-order valence-corrected chi connectivity index (χ1v) is 22.5. The molecule has 310 valence electrons. The van der Waals surface area contributed by atoms with E-state index in [2.05, 4.69) is 61.1 Å². The fourth-order valence-electron chi connectivity index (χ4n) is 12.1. The van der Waals surface area contributed by atoms with Crippen molar-refractivity contribution in [2.75, 3.05) is 39.3 Å². The summed E-state index contributed by atoms with van der Waals surface area (Å²) in [7, 11) is 0. The van der Waals surface area contributed by atoms with Crippen LogP contribution in [0.4, 0.5) is 0 Å². The SMILES string of the molecule is C[C@]1(C(=O)NCCCNCCCCCCCCNCCCNC(=O)[C@@]2(C)CCC[C@]3(C)c4cc(O)ccc4CC[C@@H]23)CCC[C@]2(C)c3cc(O)ccc3CC[C@@H]12. The predicted molar refractivity (Wildman–Crippen MR) is 227 cm³/mol. The zero-order valence-electron chi connectivity index (χ0n) is 35.3. The number of phenolic OH excluding ortho intramolecular Hbond substituents is 2. The van der Waals surface area contributed by atoms with Gasteiger partial charge in [-0.2, -0.15) is 0 Å². The number of unbranched alkanes of at least 4 members (excludes halogenated alkanes) is 5. The smallest absolute Gasteiger partial charge is 0.226 e. The number of amides is 2. The van der Waals surface area contributed by atoms with Crippen molar-refractivity contribution in [2.24, 2.45) is 22.7 Å². The highest BCUT2D eigenvalue weighted by Gasteiger charge is 2.56. The first-order chi connectivity index (χ1) is 26.9. The first kappa shape index (κ1) is 42.5. The summed E-state index contributed by atoms with van der Waals surface area (Å²) in [4.78, 5) is 27.2. The molecular weight excluding hydrogens is 697 g/mol. The van der Waals surface area contributed by atoms with Crippen LogP contribution in [-0.2, 0) is 33.3 Å². The number of fused-ring (bicyclic) bond motifs is 6. The number of phenols is 2. The van der Waals surface area contributed by atoms with Crippen molar-refractivity contribution in [2.45, 2.75) is 154 Å². The van der Waals surface area contributed by atoms with E-state index >= 15 is 0 Å². The quantitative estimate of drug-likeness (QED) is 0.0799. The summed E-state index contributed by atoms with van der Waals surface area (Å²) in [6, 6.07) is 11.7. The zero-order chi connectivity index (χ0) is 39.8. The average Bonchev–Trinajstić information content (AvgIpc) is 3.17. The van der Waals surface area contributed by atoms with Gasteiger partial charge in [0.25, 0.3) is 0 Å². The number of aromatic hydroxyl groups is 2. The Kier molecular flexibility index (Phi) is 14.2. The number of rotatable bonds is 19. The summed E-state index contributed by atoms with van der Waals surface area (Å²) in [6.07, 6.45) is 19.5. The minimum absolute atomic E-state index is 0.0635. The molecule has 2 fully saturated rings. The number of carbonyl (C=O) groups is 2. The van der Waals surface area contributed by atoms with Gasteiger partial charge >= 0.3 is 0 Å². The summed E-state index contributed by atoms with van der Waals surface area (Å²) in [5, 5.41) is 34.2. The van der Waals surface area contributed by atoms with Crippen molar-refractivity contribution in [1.29, 1.82) is 0 Å². The molecule has 0 aromatic heterocycles. The molecule has 0 heterocycles. The molecule has 2 aromatic carbocycles. The van der Waals surface area contributed by atoms with Crippen LogP contribution in [-0.4, -0.2) is 61.3 Å². The Morgan fingerprint density at radius 3 is 1.38 bits per heavy atom. The fourth-order valence-corrected chi connectivity index (χ4v) is 12.1. The number of hydrogen-bond acceptors (Lipinski definition) is 6. The van der Waals surface area contributed by atoms with Crippen LogP contribution < -0.4 is 21.3 Å². The van der Waals surface area contributed by atoms with Crippen molar-refractivity contribution in [3.8, 4) is 11.5 Å². The van der Waals surface area contributed by atoms with Crippen LogP contribution >= 0.6 is 0 Å². The van der Waals surface area contributed by atoms with E-state index in [1.54, 1.807) is 12.1 Å². The van der Waals surface area contributed by atoms with Crippen molar-refractivity contribution in [1.82, 2.24) is 21.3 Å². The number of aryl methyl sites for hydroxylation is 2. The van der Waals surface area contributed by atoms with Crippen LogP contribution in [0.1, 0.15) is 153 Å². The van der Waals surface area contributed by atoms with Gasteiger partial charge in [0.15, 0.2) is 0 Å². The summed E-state index contributed by atoms with van der Waals surface area (Å²) in [5.74, 6) is 1.67. The minimum Gasteiger partial charge on any atom is -0.508 e. The van der Waals surface area contributed by atoms with Crippen LogP contribution in [0, 0.1) is 22.7 Å². The summed E-state index contributed by atoms with van der Waals surface area (Å²) in [5.41, 5.74) is 4.32. The van der Waals surface area contributed by atoms with Gasteiger partial charge in [0, 0.05) is 13.1 Å². The van der Waals surface area contributed by atoms with Crippen molar-refractivity contribution in [3.05, 3.63) is 58.7 Å². The van der Waals surface area contributed by atoms with Gasteiger partial charge in [0.05, 0.1) is 10.8 Å². The standard InChI is InChI=1S/C48H74N4O4/c1-45-23-11-25-47(3,41(45)21-17-35-15-19-37(53)33-39(35)45)43(55)51-31-13-29-49-27-9-7-5-6-8-10-28-50-30-14-32-52-44(56)48(4)26-12-24-46(2)40-34-38(54)20-16-36(40)18-22-42(46)48/h15-16,19-20,33-34,41-42,49-50,53-54H,5-14,17-18,21-32H2,1-4H3,(H,51,55)(H,52,56)/t41-,42-,45-,46-,47+,48+/m1/s1. The Bertz CT molecular complexity index is 1530. The van der Waals surface area contributed by atoms with Crippen molar-refractivity contribution in [3.63, 3.8) is 0 Å². The fraction of sp³-hybridized carbons (Fsp3) is 0.708. The van der Waals surface area contributed by atoms with E-state index in [1.165, 1.54) is 60.8 Å². The topological polar surface area (TPSA) is 123 Å². The molecule has 56 heavy (non-hydrogen) atoms. The van der Waals surface area contributed by atoms with E-state index in [-0.39, 0.29) is 33.5 Å². The molecule has 0 unspecified atom stereocenters. The van der Waals surface area contributed by atoms with Crippen molar-refractivity contribution >= 4 is 11.8 Å². The molecule has 6 rings (SSSR count). The highest BCUT2D eigenvalue weighted by Crippen LogP contribution is 2.59. The van der Waals surface area contributed by atoms with Gasteiger partial charge in [-0.05, 0) is 172 Å². The van der Waals surface area contributed by atoms with Gasteiger partial charge in [0.2, 0.25) is 11.8 Å². The number of nitrogens with one attached hydrogen (secondary N) is 4. The maximum atomic E-state index is 13.6. The van der Waals surface area contributed by atoms with Gasteiger partial charge in [-0.3, -0.25) is 9.59 Å².